The molecule has 0 bridgehead atoms. The van der Waals surface area contributed by atoms with E-state index in [-0.39, 0.29) is 5.56 Å². The number of rotatable bonds is 4. The maximum Gasteiger partial charge on any atom is 0.348 e. The third kappa shape index (κ3) is 3.46. The molecule has 0 atom stereocenters. The predicted molar refractivity (Wildman–Crippen MR) is 91.1 cm³/mol. The van der Waals surface area contributed by atoms with Gasteiger partial charge in [-0.15, -0.1) is 0 Å². The van der Waals surface area contributed by atoms with Gasteiger partial charge in [0.1, 0.15) is 23.5 Å². The van der Waals surface area contributed by atoms with Crippen LogP contribution in [0.15, 0.2) is 62.2 Å². The molecule has 4 nitrogen and oxygen atoms in total. The molecule has 0 saturated carbocycles. The van der Waals surface area contributed by atoms with Crippen molar-refractivity contribution < 1.29 is 13.9 Å². The largest absolute Gasteiger partial charge is 0.488 e. The highest BCUT2D eigenvalue weighted by Gasteiger charge is 2.13. The number of benzene rings is 2. The van der Waals surface area contributed by atoms with Crippen LogP contribution in [0.4, 0.5) is 0 Å². The minimum atomic E-state index is -0.846. The number of ether oxygens (including phenoxy) is 1. The van der Waals surface area contributed by atoms with E-state index >= 15 is 0 Å². The van der Waals surface area contributed by atoms with E-state index in [9.17, 15) is 9.59 Å². The van der Waals surface area contributed by atoms with Crippen LogP contribution in [-0.4, -0.2) is 5.24 Å². The Hall–Kier alpha value is -2.11. The van der Waals surface area contributed by atoms with Crippen LogP contribution in [-0.2, 0) is 6.61 Å². The number of carbonyl (C=O) groups excluding carboxylic acids is 1. The Kier molecular flexibility index (Phi) is 4.50. The summed E-state index contributed by atoms with van der Waals surface area (Å²) >= 11 is 8.77. The Balaban J connectivity index is 1.96. The molecule has 0 N–H and O–H groups in total. The van der Waals surface area contributed by atoms with Crippen LogP contribution < -0.4 is 10.4 Å². The Morgan fingerprint density at radius 2 is 1.91 bits per heavy atom. The number of hydrogen-bond acceptors (Lipinski definition) is 4. The van der Waals surface area contributed by atoms with Gasteiger partial charge >= 0.3 is 5.63 Å². The van der Waals surface area contributed by atoms with Crippen molar-refractivity contribution in [1.82, 2.24) is 0 Å². The molecule has 3 rings (SSSR count). The van der Waals surface area contributed by atoms with E-state index in [1.807, 2.05) is 30.3 Å². The highest BCUT2D eigenvalue weighted by Crippen LogP contribution is 2.31. The van der Waals surface area contributed by atoms with Crippen molar-refractivity contribution >= 4 is 43.7 Å². The van der Waals surface area contributed by atoms with E-state index in [0.717, 1.165) is 5.56 Å². The van der Waals surface area contributed by atoms with Crippen LogP contribution in [0.1, 0.15) is 15.9 Å². The van der Waals surface area contributed by atoms with Crippen molar-refractivity contribution in [2.45, 2.75) is 6.61 Å². The minimum Gasteiger partial charge on any atom is -0.488 e. The first-order valence-electron chi connectivity index (χ1n) is 6.68. The van der Waals surface area contributed by atoms with Crippen LogP contribution in [0.2, 0.25) is 0 Å². The van der Waals surface area contributed by atoms with Crippen molar-refractivity contribution in [3.63, 3.8) is 0 Å². The first-order valence-corrected chi connectivity index (χ1v) is 7.85. The normalized spacial score (nSPS) is 10.7. The molecule has 0 unspecified atom stereocenters. The highest BCUT2D eigenvalue weighted by molar-refractivity contribution is 9.10. The molecule has 0 aliphatic carbocycles. The van der Waals surface area contributed by atoms with Gasteiger partial charge in [-0.3, -0.25) is 4.79 Å². The first-order chi connectivity index (χ1) is 11.0. The van der Waals surface area contributed by atoms with Gasteiger partial charge in [0, 0.05) is 11.5 Å². The summed E-state index contributed by atoms with van der Waals surface area (Å²) < 4.78 is 11.6. The predicted octanol–water partition coefficient (Wildman–Crippen LogP) is 4.51. The zero-order valence-corrected chi connectivity index (χ0v) is 14.1. The molecular weight excluding hydrogens is 384 g/mol. The fraction of sp³-hybridized carbons (Fsp3) is 0.0588. The molecule has 23 heavy (non-hydrogen) atoms. The summed E-state index contributed by atoms with van der Waals surface area (Å²) in [6.45, 7) is 0.382. The topological polar surface area (TPSA) is 56.5 Å². The maximum atomic E-state index is 11.7. The summed E-state index contributed by atoms with van der Waals surface area (Å²) in [6.07, 6.45) is 0. The molecule has 0 fully saturated rings. The SMILES string of the molecule is O=C(Cl)c1cc2cc(Br)c(OCc3ccccc3)cc2oc1=O. The van der Waals surface area contributed by atoms with Crippen molar-refractivity contribution in [3.8, 4) is 5.75 Å². The van der Waals surface area contributed by atoms with Gasteiger partial charge in [-0.25, -0.2) is 4.79 Å². The standard InChI is InChI=1S/C17H10BrClO4/c18-13-7-11-6-12(16(19)20)17(21)23-14(11)8-15(13)22-9-10-4-2-1-3-5-10/h1-8H,9H2. The lowest BCUT2D eigenvalue weighted by Gasteiger charge is -2.09. The summed E-state index contributed by atoms with van der Waals surface area (Å²) in [6, 6.07) is 14.4. The van der Waals surface area contributed by atoms with Gasteiger partial charge in [0.2, 0.25) is 0 Å². The lowest BCUT2D eigenvalue weighted by Crippen LogP contribution is -2.09. The van der Waals surface area contributed by atoms with Crippen LogP contribution in [0.5, 0.6) is 5.75 Å². The monoisotopic (exact) mass is 392 g/mol. The van der Waals surface area contributed by atoms with Gasteiger partial charge < -0.3 is 9.15 Å². The van der Waals surface area contributed by atoms with E-state index < -0.39 is 10.9 Å². The average molecular weight is 394 g/mol. The summed E-state index contributed by atoms with van der Waals surface area (Å²) in [5.41, 5.74) is 0.379. The Morgan fingerprint density at radius 3 is 2.61 bits per heavy atom. The first kappa shape index (κ1) is 15.8. The fourth-order valence-electron chi connectivity index (χ4n) is 2.10. The smallest absolute Gasteiger partial charge is 0.348 e. The molecule has 116 valence electrons. The molecule has 6 heteroatoms. The summed E-state index contributed by atoms with van der Waals surface area (Å²) in [7, 11) is 0. The van der Waals surface area contributed by atoms with Crippen LogP contribution >= 0.6 is 27.5 Å². The molecule has 1 heterocycles. The molecule has 0 amide bonds. The second-order valence-electron chi connectivity index (χ2n) is 4.82. The molecule has 0 aliphatic heterocycles. The van der Waals surface area contributed by atoms with E-state index in [2.05, 4.69) is 15.9 Å². The fourth-order valence-corrected chi connectivity index (χ4v) is 2.71. The maximum absolute atomic E-state index is 11.7. The molecular formula is C17H10BrClO4. The second-order valence-corrected chi connectivity index (χ2v) is 6.01. The molecule has 3 aromatic rings. The zero-order valence-electron chi connectivity index (χ0n) is 11.7. The number of carbonyl (C=O) groups is 1. The van der Waals surface area contributed by atoms with Gasteiger partial charge in [-0.05, 0) is 45.2 Å². The van der Waals surface area contributed by atoms with Crippen LogP contribution in [0.25, 0.3) is 11.0 Å². The van der Waals surface area contributed by atoms with E-state index in [0.29, 0.717) is 27.8 Å². The third-order valence-electron chi connectivity index (χ3n) is 3.24. The zero-order chi connectivity index (χ0) is 16.4. The van der Waals surface area contributed by atoms with Gasteiger partial charge in [0.15, 0.2) is 0 Å². The molecule has 0 aliphatic rings. The van der Waals surface area contributed by atoms with Crippen molar-refractivity contribution in [2.24, 2.45) is 0 Å². The second kappa shape index (κ2) is 6.56. The molecule has 2 aromatic carbocycles. The Labute approximate surface area is 144 Å². The Morgan fingerprint density at radius 1 is 1.17 bits per heavy atom. The number of halogens is 2. The lowest BCUT2D eigenvalue weighted by molar-refractivity contribution is 0.107. The molecule has 1 aromatic heterocycles. The molecule has 0 saturated heterocycles. The van der Waals surface area contributed by atoms with Gasteiger partial charge in [0.25, 0.3) is 5.24 Å². The van der Waals surface area contributed by atoms with E-state index in [1.165, 1.54) is 6.07 Å². The summed E-state index contributed by atoms with van der Waals surface area (Å²) in [5, 5.41) is -0.270. The van der Waals surface area contributed by atoms with Crippen molar-refractivity contribution in [3.05, 3.63) is 74.6 Å². The van der Waals surface area contributed by atoms with E-state index in [1.54, 1.807) is 12.1 Å². The summed E-state index contributed by atoms with van der Waals surface area (Å²) in [4.78, 5) is 22.9. The van der Waals surface area contributed by atoms with Gasteiger partial charge in [-0.2, -0.15) is 0 Å². The quantitative estimate of drug-likeness (QED) is 0.483. The minimum absolute atomic E-state index is 0.191. The molecule has 0 radical (unpaired) electrons. The van der Waals surface area contributed by atoms with Crippen molar-refractivity contribution in [2.75, 3.05) is 0 Å². The van der Waals surface area contributed by atoms with Crippen LogP contribution in [0.3, 0.4) is 0 Å². The molecule has 0 spiro atoms. The third-order valence-corrected chi connectivity index (χ3v) is 4.06. The number of hydrogen-bond donors (Lipinski definition) is 0. The van der Waals surface area contributed by atoms with Gasteiger partial charge in [0.05, 0.1) is 4.47 Å². The average Bonchev–Trinajstić information content (AvgIpc) is 2.53. The lowest BCUT2D eigenvalue weighted by atomic mass is 10.2. The van der Waals surface area contributed by atoms with Gasteiger partial charge in [-0.1, -0.05) is 30.3 Å². The van der Waals surface area contributed by atoms with E-state index in [4.69, 9.17) is 20.8 Å². The van der Waals surface area contributed by atoms with Crippen LogP contribution in [0, 0.1) is 0 Å². The Bertz CT molecular complexity index is 934. The van der Waals surface area contributed by atoms with Crippen molar-refractivity contribution in [1.29, 1.82) is 0 Å². The number of fused-ring (bicyclic) bond motifs is 1. The summed E-state index contributed by atoms with van der Waals surface area (Å²) in [5.74, 6) is 0.537. The highest BCUT2D eigenvalue weighted by atomic mass is 79.9.